The third-order valence-electron chi connectivity index (χ3n) is 5.19. The summed E-state index contributed by atoms with van der Waals surface area (Å²) in [6.45, 7) is 20.5. The highest BCUT2D eigenvalue weighted by Crippen LogP contribution is 2.30. The lowest BCUT2D eigenvalue weighted by atomic mass is 9.79. The first-order valence-electron chi connectivity index (χ1n) is 10.7. The van der Waals surface area contributed by atoms with E-state index in [9.17, 15) is 4.79 Å². The van der Waals surface area contributed by atoms with Gasteiger partial charge in [-0.2, -0.15) is 0 Å². The molecule has 0 N–H and O–H groups in total. The van der Waals surface area contributed by atoms with Gasteiger partial charge in [0.2, 0.25) is 0 Å². The summed E-state index contributed by atoms with van der Waals surface area (Å²) in [6.07, 6.45) is 5.58. The summed E-state index contributed by atoms with van der Waals surface area (Å²) in [5, 5.41) is 0. The van der Waals surface area contributed by atoms with Crippen LogP contribution in [-0.2, 0) is 15.6 Å². The average molecular weight is 387 g/mol. The third-order valence-corrected chi connectivity index (χ3v) is 5.19. The van der Waals surface area contributed by atoms with Crippen LogP contribution in [0.15, 0.2) is 29.8 Å². The maximum atomic E-state index is 12.8. The van der Waals surface area contributed by atoms with Gasteiger partial charge in [0.15, 0.2) is 5.78 Å². The molecule has 0 radical (unpaired) electrons. The topological polar surface area (TPSA) is 26.3 Å². The maximum absolute atomic E-state index is 12.8. The van der Waals surface area contributed by atoms with Crippen molar-refractivity contribution >= 4 is 5.78 Å². The molecule has 0 aliphatic rings. The van der Waals surface area contributed by atoms with E-state index in [2.05, 4.69) is 74.5 Å². The van der Waals surface area contributed by atoms with Crippen LogP contribution in [0, 0.1) is 5.92 Å². The monoisotopic (exact) mass is 386 g/mol. The van der Waals surface area contributed by atoms with Crippen LogP contribution < -0.4 is 0 Å². The molecule has 0 aliphatic carbocycles. The fourth-order valence-electron chi connectivity index (χ4n) is 2.99. The molecule has 0 saturated heterocycles. The predicted molar refractivity (Wildman–Crippen MR) is 121 cm³/mol. The van der Waals surface area contributed by atoms with Gasteiger partial charge >= 0.3 is 0 Å². The first kappa shape index (κ1) is 24.6. The minimum Gasteiger partial charge on any atom is -0.373 e. The van der Waals surface area contributed by atoms with Crippen LogP contribution in [0.25, 0.3) is 0 Å². The Morgan fingerprint density at radius 2 is 1.50 bits per heavy atom. The second-order valence-electron chi connectivity index (χ2n) is 10.5. The number of hydrogen-bond donors (Lipinski definition) is 0. The number of allylic oxidation sites excluding steroid dienone is 2. The number of Topliss-reactive ketones (excluding diaryl/α,β-unsaturated/α-hetero) is 1. The van der Waals surface area contributed by atoms with E-state index in [1.807, 2.05) is 12.1 Å². The molecule has 1 aromatic carbocycles. The second-order valence-corrected chi connectivity index (χ2v) is 10.5. The molecule has 0 aliphatic heterocycles. The summed E-state index contributed by atoms with van der Waals surface area (Å²) in [5.41, 5.74) is 4.58. The molecule has 0 saturated carbocycles. The van der Waals surface area contributed by atoms with Crippen LogP contribution in [0.3, 0.4) is 0 Å². The summed E-state index contributed by atoms with van der Waals surface area (Å²) in [7, 11) is 0. The number of carbonyl (C=O) groups is 1. The molecule has 158 valence electrons. The van der Waals surface area contributed by atoms with Gasteiger partial charge in [-0.15, -0.1) is 0 Å². The Morgan fingerprint density at radius 1 is 0.964 bits per heavy atom. The molecule has 0 amide bonds. The molecule has 0 spiro atoms. The van der Waals surface area contributed by atoms with Crippen LogP contribution in [0.4, 0.5) is 0 Å². The lowest BCUT2D eigenvalue weighted by Crippen LogP contribution is -2.19. The van der Waals surface area contributed by atoms with E-state index in [1.165, 1.54) is 23.1 Å². The standard InChI is InChI=1S/C26H42O2/c1-19(2)11-10-12-20(3)13-14-28-18-24(27)21-15-22(25(4,5)6)17-23(16-21)26(7,8)9/h11,15-17,20H,10,12-14,18H2,1-9H3/t20-/m1/s1. The number of carbonyl (C=O) groups excluding carboxylic acids is 1. The summed E-state index contributed by atoms with van der Waals surface area (Å²) >= 11 is 0. The molecule has 0 bridgehead atoms. The Morgan fingerprint density at radius 3 is 1.96 bits per heavy atom. The van der Waals surface area contributed by atoms with Crippen molar-refractivity contribution in [3.63, 3.8) is 0 Å². The van der Waals surface area contributed by atoms with Crippen molar-refractivity contribution in [1.29, 1.82) is 0 Å². The Kier molecular flexibility index (Phi) is 9.14. The maximum Gasteiger partial charge on any atom is 0.188 e. The van der Waals surface area contributed by atoms with E-state index in [-0.39, 0.29) is 23.2 Å². The third kappa shape index (κ3) is 8.73. The van der Waals surface area contributed by atoms with Crippen molar-refractivity contribution in [2.45, 2.75) is 92.4 Å². The van der Waals surface area contributed by atoms with Crippen molar-refractivity contribution in [3.05, 3.63) is 46.5 Å². The summed E-state index contributed by atoms with van der Waals surface area (Å²) < 4.78 is 5.73. The van der Waals surface area contributed by atoms with Crippen molar-refractivity contribution in [2.75, 3.05) is 13.2 Å². The number of rotatable bonds is 9. The van der Waals surface area contributed by atoms with Gasteiger partial charge in [-0.1, -0.05) is 66.2 Å². The highest BCUT2D eigenvalue weighted by Gasteiger charge is 2.22. The number of ketones is 1. The molecule has 1 aromatic rings. The highest BCUT2D eigenvalue weighted by molar-refractivity contribution is 5.97. The Bertz CT molecular complexity index is 632. The van der Waals surface area contributed by atoms with Crippen LogP contribution in [-0.4, -0.2) is 19.0 Å². The Labute approximate surface area is 173 Å². The fourth-order valence-corrected chi connectivity index (χ4v) is 2.99. The molecule has 1 atom stereocenters. The largest absolute Gasteiger partial charge is 0.373 e. The van der Waals surface area contributed by atoms with E-state index in [1.54, 1.807) is 0 Å². The van der Waals surface area contributed by atoms with Gasteiger partial charge in [0.1, 0.15) is 6.61 Å². The molecule has 0 fully saturated rings. The van der Waals surface area contributed by atoms with E-state index < -0.39 is 0 Å². The zero-order valence-corrected chi connectivity index (χ0v) is 19.7. The van der Waals surface area contributed by atoms with Gasteiger partial charge in [0.25, 0.3) is 0 Å². The van der Waals surface area contributed by atoms with Gasteiger partial charge in [0.05, 0.1) is 0 Å². The molecule has 2 nitrogen and oxygen atoms in total. The van der Waals surface area contributed by atoms with Crippen LogP contribution >= 0.6 is 0 Å². The molecule has 0 unspecified atom stereocenters. The number of benzene rings is 1. The van der Waals surface area contributed by atoms with Gasteiger partial charge in [-0.25, -0.2) is 0 Å². The normalized spacial score (nSPS) is 13.3. The van der Waals surface area contributed by atoms with E-state index in [0.717, 1.165) is 18.4 Å². The van der Waals surface area contributed by atoms with Crippen molar-refractivity contribution in [1.82, 2.24) is 0 Å². The van der Waals surface area contributed by atoms with Gasteiger partial charge < -0.3 is 4.74 Å². The van der Waals surface area contributed by atoms with Gasteiger partial charge in [-0.3, -0.25) is 4.79 Å². The van der Waals surface area contributed by atoms with Gasteiger partial charge in [0, 0.05) is 12.2 Å². The summed E-state index contributed by atoms with van der Waals surface area (Å²) in [6, 6.07) is 6.33. The molecule has 0 aromatic heterocycles. The minimum atomic E-state index is 0.0118. The number of ether oxygens (including phenoxy) is 1. The molecular weight excluding hydrogens is 344 g/mol. The smallest absolute Gasteiger partial charge is 0.188 e. The zero-order chi connectivity index (χ0) is 21.5. The van der Waals surface area contributed by atoms with Gasteiger partial charge in [-0.05, 0) is 73.1 Å². The highest BCUT2D eigenvalue weighted by atomic mass is 16.5. The molecule has 28 heavy (non-hydrogen) atoms. The van der Waals surface area contributed by atoms with E-state index in [4.69, 9.17) is 4.74 Å². The second kappa shape index (κ2) is 10.4. The Hall–Kier alpha value is -1.41. The lowest BCUT2D eigenvalue weighted by molar-refractivity contribution is 0.0734. The SMILES string of the molecule is CC(C)=CCC[C@@H](C)CCOCC(=O)c1cc(C(C)(C)C)cc(C(C)(C)C)c1. The van der Waals surface area contributed by atoms with E-state index in [0.29, 0.717) is 12.5 Å². The summed E-state index contributed by atoms with van der Waals surface area (Å²) in [4.78, 5) is 12.8. The zero-order valence-electron chi connectivity index (χ0n) is 19.7. The summed E-state index contributed by atoms with van der Waals surface area (Å²) in [5.74, 6) is 0.691. The molecular formula is C26H42O2. The number of hydrogen-bond acceptors (Lipinski definition) is 2. The van der Waals surface area contributed by atoms with Crippen LogP contribution in [0.5, 0.6) is 0 Å². The quantitative estimate of drug-likeness (QED) is 0.254. The molecule has 2 heteroatoms. The van der Waals surface area contributed by atoms with Crippen molar-refractivity contribution in [3.8, 4) is 0 Å². The lowest BCUT2D eigenvalue weighted by Gasteiger charge is -2.26. The van der Waals surface area contributed by atoms with Crippen LogP contribution in [0.2, 0.25) is 0 Å². The first-order chi connectivity index (χ1) is 12.8. The molecule has 0 heterocycles. The molecule has 1 rings (SSSR count). The first-order valence-corrected chi connectivity index (χ1v) is 10.7. The minimum absolute atomic E-state index is 0.0118. The average Bonchev–Trinajstić information content (AvgIpc) is 2.56. The van der Waals surface area contributed by atoms with Crippen molar-refractivity contribution < 1.29 is 9.53 Å². The Balaban J connectivity index is 2.68. The predicted octanol–water partition coefficient (Wildman–Crippen LogP) is 7.25. The van der Waals surface area contributed by atoms with Crippen molar-refractivity contribution in [2.24, 2.45) is 5.92 Å². The van der Waals surface area contributed by atoms with E-state index >= 15 is 0 Å². The van der Waals surface area contributed by atoms with Crippen LogP contribution in [0.1, 0.15) is 103 Å². The fraction of sp³-hybridized carbons (Fsp3) is 0.654.